The second-order valence-electron chi connectivity index (χ2n) is 9.44. The first-order valence-corrected chi connectivity index (χ1v) is 14.2. The van der Waals surface area contributed by atoms with Gasteiger partial charge in [-0.2, -0.15) is 15.0 Å². The summed E-state index contributed by atoms with van der Waals surface area (Å²) < 4.78 is 56.3. The van der Waals surface area contributed by atoms with Gasteiger partial charge in [0.2, 0.25) is 0 Å². The second-order valence-corrected chi connectivity index (χ2v) is 11.8. The summed E-state index contributed by atoms with van der Waals surface area (Å²) >= 11 is 6.56. The van der Waals surface area contributed by atoms with E-state index in [1.54, 1.807) is 30.9 Å². The Morgan fingerprint density at radius 2 is 1.87 bits per heavy atom. The Hall–Kier alpha value is -3.44. The summed E-state index contributed by atoms with van der Waals surface area (Å²) in [5, 5.41) is 8.63. The van der Waals surface area contributed by atoms with Gasteiger partial charge in [0.05, 0.1) is 24.1 Å². The number of hydrogen-bond acceptors (Lipinski definition) is 6. The van der Waals surface area contributed by atoms with E-state index in [0.29, 0.717) is 23.4 Å². The van der Waals surface area contributed by atoms with Gasteiger partial charge in [-0.25, -0.2) is 17.2 Å². The SMILES string of the molecule is CCn1ncc([C@H]2C[C@@H]2c2cc(C)n(-c3c(C)cnc(-c4cccc(S(C)(=O)=O)c4F)c3F)c(=O)c2Cl)n1. The predicted octanol–water partition coefficient (Wildman–Crippen LogP) is 4.73. The van der Waals surface area contributed by atoms with E-state index in [9.17, 15) is 13.2 Å². The molecule has 0 radical (unpaired) electrons. The molecule has 0 aliphatic heterocycles. The number of nitrogens with zero attached hydrogens (tertiary/aromatic N) is 5. The van der Waals surface area contributed by atoms with Crippen LogP contribution in [0.3, 0.4) is 0 Å². The highest BCUT2D eigenvalue weighted by Crippen LogP contribution is 2.55. The van der Waals surface area contributed by atoms with Crippen LogP contribution in [0.4, 0.5) is 8.78 Å². The summed E-state index contributed by atoms with van der Waals surface area (Å²) in [5.41, 5.74) is 0.737. The smallest absolute Gasteiger partial charge is 0.274 e. The largest absolute Gasteiger partial charge is 0.277 e. The molecular weight excluding hydrogens is 536 g/mol. The summed E-state index contributed by atoms with van der Waals surface area (Å²) in [6, 6.07) is 5.40. The number of rotatable bonds is 6. The van der Waals surface area contributed by atoms with Crippen LogP contribution < -0.4 is 5.56 Å². The summed E-state index contributed by atoms with van der Waals surface area (Å²) in [7, 11) is -3.91. The Morgan fingerprint density at radius 1 is 1.13 bits per heavy atom. The van der Waals surface area contributed by atoms with Crippen molar-refractivity contribution in [2.75, 3.05) is 6.26 Å². The first-order chi connectivity index (χ1) is 17.9. The Balaban J connectivity index is 1.61. The molecule has 1 saturated carbocycles. The van der Waals surface area contributed by atoms with E-state index in [0.717, 1.165) is 29.0 Å². The Labute approximate surface area is 222 Å². The summed E-state index contributed by atoms with van der Waals surface area (Å²) in [6.45, 7) is 5.82. The van der Waals surface area contributed by atoms with Gasteiger partial charge < -0.3 is 0 Å². The molecule has 198 valence electrons. The molecule has 38 heavy (non-hydrogen) atoms. The molecule has 3 aromatic heterocycles. The highest BCUT2D eigenvalue weighted by atomic mass is 35.5. The van der Waals surface area contributed by atoms with E-state index >= 15 is 8.78 Å². The minimum Gasteiger partial charge on any atom is -0.277 e. The van der Waals surface area contributed by atoms with Crippen LogP contribution >= 0.6 is 11.6 Å². The molecule has 0 bridgehead atoms. The van der Waals surface area contributed by atoms with Gasteiger partial charge in [0.15, 0.2) is 21.5 Å². The molecule has 12 heteroatoms. The molecule has 4 aromatic rings. The van der Waals surface area contributed by atoms with Gasteiger partial charge in [0.25, 0.3) is 5.56 Å². The second kappa shape index (κ2) is 9.39. The summed E-state index contributed by atoms with van der Waals surface area (Å²) in [4.78, 5) is 18.6. The lowest BCUT2D eigenvalue weighted by Crippen LogP contribution is -2.24. The van der Waals surface area contributed by atoms with Crippen molar-refractivity contribution in [2.24, 2.45) is 0 Å². The quantitative estimate of drug-likeness (QED) is 0.338. The van der Waals surface area contributed by atoms with Crippen molar-refractivity contribution in [3.63, 3.8) is 0 Å². The average molecular weight is 560 g/mol. The van der Waals surface area contributed by atoms with E-state index in [-0.39, 0.29) is 28.1 Å². The fourth-order valence-corrected chi connectivity index (χ4v) is 5.83. The Bertz CT molecular complexity index is 1770. The van der Waals surface area contributed by atoms with Gasteiger partial charge >= 0.3 is 0 Å². The van der Waals surface area contributed by atoms with Crippen molar-refractivity contribution in [3.05, 3.63) is 86.2 Å². The molecule has 8 nitrogen and oxygen atoms in total. The number of aryl methyl sites for hydroxylation is 3. The lowest BCUT2D eigenvalue weighted by Gasteiger charge is -2.18. The highest BCUT2D eigenvalue weighted by Gasteiger charge is 2.43. The van der Waals surface area contributed by atoms with Crippen molar-refractivity contribution >= 4 is 21.4 Å². The number of hydrogen-bond donors (Lipinski definition) is 0. The molecule has 5 rings (SSSR count). The molecule has 3 heterocycles. The molecule has 0 unspecified atom stereocenters. The molecule has 1 fully saturated rings. The molecule has 1 aliphatic rings. The Kier molecular flexibility index (Phi) is 6.47. The van der Waals surface area contributed by atoms with Crippen LogP contribution in [0, 0.1) is 25.5 Å². The zero-order valence-electron chi connectivity index (χ0n) is 21.0. The summed E-state index contributed by atoms with van der Waals surface area (Å²) in [5.74, 6) is -2.02. The molecular formula is C26H24ClF2N5O3S. The maximum absolute atomic E-state index is 16.0. The fraction of sp³-hybridized carbons (Fsp3) is 0.308. The number of sulfone groups is 1. The maximum Gasteiger partial charge on any atom is 0.274 e. The van der Waals surface area contributed by atoms with Crippen LogP contribution in [0.25, 0.3) is 16.9 Å². The first-order valence-electron chi connectivity index (χ1n) is 11.9. The van der Waals surface area contributed by atoms with Gasteiger partial charge in [-0.05, 0) is 62.4 Å². The van der Waals surface area contributed by atoms with Gasteiger partial charge in [-0.1, -0.05) is 17.7 Å². The van der Waals surface area contributed by atoms with Gasteiger partial charge in [-0.15, -0.1) is 0 Å². The first kappa shape index (κ1) is 26.2. The van der Waals surface area contributed by atoms with Gasteiger partial charge in [0, 0.05) is 29.6 Å². The third kappa shape index (κ3) is 4.33. The molecule has 0 saturated heterocycles. The monoisotopic (exact) mass is 559 g/mol. The molecule has 0 N–H and O–H groups in total. The van der Waals surface area contributed by atoms with Crippen LogP contribution in [0.2, 0.25) is 5.02 Å². The van der Waals surface area contributed by atoms with E-state index in [1.165, 1.54) is 18.3 Å². The molecule has 0 spiro atoms. The normalized spacial score (nSPS) is 17.1. The standard InChI is InChI=1S/C26H24ClF2N5O3S/c1-5-33-31-12-19(32-33)17-10-16(17)18-9-14(3)34(26(35)21(18)27)25-13(2)11-30-24(23(25)29)15-7-6-8-20(22(15)28)38(4,36)37/h6-9,11-12,16-17H,5,10H2,1-4H3/t16-,17-/m0/s1. The van der Waals surface area contributed by atoms with Crippen molar-refractivity contribution < 1.29 is 17.2 Å². The topological polar surface area (TPSA) is 99.7 Å². The van der Waals surface area contributed by atoms with Gasteiger partial charge in [-0.3, -0.25) is 14.3 Å². The molecule has 1 aromatic carbocycles. The summed E-state index contributed by atoms with van der Waals surface area (Å²) in [6.07, 6.45) is 4.64. The molecule has 0 amide bonds. The van der Waals surface area contributed by atoms with E-state index in [4.69, 9.17) is 11.6 Å². The van der Waals surface area contributed by atoms with E-state index in [1.807, 2.05) is 6.92 Å². The van der Waals surface area contributed by atoms with Crippen molar-refractivity contribution in [3.8, 4) is 16.9 Å². The average Bonchev–Trinajstić information content (AvgIpc) is 3.50. The predicted molar refractivity (Wildman–Crippen MR) is 139 cm³/mol. The van der Waals surface area contributed by atoms with E-state index in [2.05, 4.69) is 15.2 Å². The fourth-order valence-electron chi connectivity index (χ4n) is 4.79. The number of halogens is 3. The minimum atomic E-state index is -3.91. The van der Waals surface area contributed by atoms with Crippen LogP contribution in [0.15, 0.2) is 46.3 Å². The number of pyridine rings is 2. The number of aromatic nitrogens is 5. The highest BCUT2D eigenvalue weighted by molar-refractivity contribution is 7.90. The van der Waals surface area contributed by atoms with Crippen molar-refractivity contribution in [2.45, 2.75) is 50.5 Å². The lowest BCUT2D eigenvalue weighted by atomic mass is 10.1. The maximum atomic E-state index is 16.0. The van der Waals surface area contributed by atoms with Crippen molar-refractivity contribution in [1.82, 2.24) is 24.5 Å². The number of benzene rings is 1. The third-order valence-corrected chi connectivity index (χ3v) is 8.28. The van der Waals surface area contributed by atoms with Crippen LogP contribution in [0.1, 0.15) is 47.7 Å². The zero-order chi connectivity index (χ0) is 27.5. The van der Waals surface area contributed by atoms with Crippen LogP contribution in [-0.2, 0) is 16.4 Å². The zero-order valence-corrected chi connectivity index (χ0v) is 22.6. The minimum absolute atomic E-state index is 0.0164. The Morgan fingerprint density at radius 3 is 2.53 bits per heavy atom. The van der Waals surface area contributed by atoms with Crippen molar-refractivity contribution in [1.29, 1.82) is 0 Å². The lowest BCUT2D eigenvalue weighted by molar-refractivity contribution is 0.563. The van der Waals surface area contributed by atoms with Crippen LogP contribution in [0.5, 0.6) is 0 Å². The molecule has 1 aliphatic carbocycles. The van der Waals surface area contributed by atoms with E-state index < -0.39 is 37.6 Å². The molecule has 2 atom stereocenters. The van der Waals surface area contributed by atoms with Gasteiger partial charge in [0.1, 0.15) is 15.6 Å². The van der Waals surface area contributed by atoms with Crippen LogP contribution in [-0.4, -0.2) is 39.2 Å². The third-order valence-electron chi connectivity index (χ3n) is 6.79.